The van der Waals surface area contributed by atoms with Gasteiger partial charge in [0.05, 0.1) is 13.2 Å². The second-order valence-corrected chi connectivity index (χ2v) is 13.6. The smallest absolute Gasteiger partial charge is 0.463 e. The van der Waals surface area contributed by atoms with Gasteiger partial charge in [0, 0.05) is 19.4 Å². The van der Waals surface area contributed by atoms with Crippen LogP contribution in [0.15, 0.2) is 109 Å². The van der Waals surface area contributed by atoms with Gasteiger partial charge in [0.25, 0.3) is 0 Å². The van der Waals surface area contributed by atoms with Crippen LogP contribution in [0.5, 0.6) is 0 Å². The minimum Gasteiger partial charge on any atom is -0.463 e. The molecule has 3 N–H and O–H groups in total. The quantitative estimate of drug-likeness (QED) is 0.0256. The minimum atomic E-state index is -4.45. The first-order valence-corrected chi connectivity index (χ1v) is 20.9. The summed E-state index contributed by atoms with van der Waals surface area (Å²) in [6.45, 7) is 3.16. The van der Waals surface area contributed by atoms with Crippen molar-refractivity contribution in [3.05, 3.63) is 109 Å². The number of amides is 1. The van der Waals surface area contributed by atoms with Gasteiger partial charge in [0.15, 0.2) is 0 Å². The third kappa shape index (κ3) is 39.7. The van der Waals surface area contributed by atoms with Gasteiger partial charge >= 0.3 is 13.8 Å². The Morgan fingerprint density at radius 2 is 1.02 bits per heavy atom. The molecule has 298 valence electrons. The maximum absolute atomic E-state index is 12.1. The molecule has 2 unspecified atom stereocenters. The molecule has 0 bridgehead atoms. The number of carbonyl (C=O) groups excluding carboxylic acids is 2. The van der Waals surface area contributed by atoms with Gasteiger partial charge in [-0.3, -0.25) is 18.6 Å². The van der Waals surface area contributed by atoms with E-state index < -0.39 is 26.5 Å². The first kappa shape index (κ1) is 49.7. The predicted molar refractivity (Wildman–Crippen MR) is 219 cm³/mol. The zero-order valence-corrected chi connectivity index (χ0v) is 33.3. The number of unbranched alkanes of at least 4 members (excludes halogenated alkanes) is 3. The third-order valence-electron chi connectivity index (χ3n) is 7.20. The van der Waals surface area contributed by atoms with E-state index in [0.29, 0.717) is 12.8 Å². The van der Waals surface area contributed by atoms with E-state index in [-0.39, 0.29) is 32.1 Å². The largest absolute Gasteiger partial charge is 0.472 e. The number of carbonyl (C=O) groups is 2. The van der Waals surface area contributed by atoms with E-state index in [2.05, 4.69) is 122 Å². The second kappa shape index (κ2) is 38.4. The van der Waals surface area contributed by atoms with Crippen LogP contribution in [0.4, 0.5) is 0 Å². The monoisotopic (exact) mass is 757 g/mol. The summed E-state index contributed by atoms with van der Waals surface area (Å²) in [5.74, 6) is -0.632. The fourth-order valence-corrected chi connectivity index (χ4v) is 5.10. The number of allylic oxidation sites excluding steroid dienone is 18. The Balaban J connectivity index is 3.80. The Labute approximate surface area is 320 Å². The topological polar surface area (TPSA) is 131 Å². The van der Waals surface area contributed by atoms with Crippen molar-refractivity contribution in [2.75, 3.05) is 26.4 Å². The molecule has 0 saturated carbocycles. The summed E-state index contributed by atoms with van der Waals surface area (Å²) < 4.78 is 26.7. The SMILES string of the molecule is CC/C=C\C/C=C\C/C=C\C/C=C\C/C=C\CCCC(=O)OCC(O)COP(=O)(O)OCCNC(=O)CCCC/C=C\C/C=C\C/C=C\C/C=C\CC. The lowest BCUT2D eigenvalue weighted by Gasteiger charge is -2.15. The normalized spacial score (nSPS) is 14.6. The summed E-state index contributed by atoms with van der Waals surface area (Å²) >= 11 is 0. The number of aliphatic hydroxyl groups excluding tert-OH is 1. The molecule has 0 aromatic carbocycles. The minimum absolute atomic E-state index is 0.0450. The van der Waals surface area contributed by atoms with Gasteiger partial charge in [-0.1, -0.05) is 123 Å². The molecule has 0 aliphatic heterocycles. The number of rotatable bonds is 34. The van der Waals surface area contributed by atoms with Crippen molar-refractivity contribution in [3.8, 4) is 0 Å². The Morgan fingerprint density at radius 3 is 1.49 bits per heavy atom. The molecular weight excluding hydrogens is 689 g/mol. The molecule has 1 amide bonds. The van der Waals surface area contributed by atoms with Crippen molar-refractivity contribution < 1.29 is 37.9 Å². The molecule has 0 saturated heterocycles. The first-order valence-electron chi connectivity index (χ1n) is 19.4. The van der Waals surface area contributed by atoms with Gasteiger partial charge in [-0.05, 0) is 89.9 Å². The molecule has 0 aromatic heterocycles. The highest BCUT2D eigenvalue weighted by molar-refractivity contribution is 7.47. The maximum Gasteiger partial charge on any atom is 0.472 e. The molecule has 0 spiro atoms. The maximum atomic E-state index is 12.1. The van der Waals surface area contributed by atoms with E-state index in [4.69, 9.17) is 13.8 Å². The van der Waals surface area contributed by atoms with Crippen molar-refractivity contribution in [3.63, 3.8) is 0 Å². The fraction of sp³-hybridized carbons (Fsp3) is 0.535. The van der Waals surface area contributed by atoms with E-state index in [0.717, 1.165) is 83.5 Å². The molecule has 53 heavy (non-hydrogen) atoms. The van der Waals surface area contributed by atoms with Crippen LogP contribution in [0.1, 0.15) is 117 Å². The molecule has 0 aromatic rings. The Kier molecular flexibility index (Phi) is 36.0. The zero-order chi connectivity index (χ0) is 38.9. The number of hydrogen-bond donors (Lipinski definition) is 3. The van der Waals surface area contributed by atoms with Gasteiger partial charge < -0.3 is 20.1 Å². The average Bonchev–Trinajstić information content (AvgIpc) is 3.14. The Morgan fingerprint density at radius 1 is 0.585 bits per heavy atom. The number of phosphoric ester groups is 1. The van der Waals surface area contributed by atoms with Gasteiger partial charge in [0.2, 0.25) is 5.91 Å². The number of ether oxygens (including phenoxy) is 1. The summed E-state index contributed by atoms with van der Waals surface area (Å²) in [7, 11) is -4.45. The molecule has 0 fully saturated rings. The molecule has 10 heteroatoms. The van der Waals surface area contributed by atoms with Crippen molar-refractivity contribution in [1.29, 1.82) is 0 Å². The Hall–Kier alpha value is -3.33. The van der Waals surface area contributed by atoms with E-state index in [1.54, 1.807) is 0 Å². The summed E-state index contributed by atoms with van der Waals surface area (Å²) in [4.78, 5) is 33.8. The number of esters is 1. The zero-order valence-electron chi connectivity index (χ0n) is 32.4. The average molecular weight is 758 g/mol. The van der Waals surface area contributed by atoms with Gasteiger partial charge in [-0.25, -0.2) is 4.57 Å². The highest BCUT2D eigenvalue weighted by Crippen LogP contribution is 2.42. The van der Waals surface area contributed by atoms with E-state index in [1.807, 2.05) is 6.08 Å². The van der Waals surface area contributed by atoms with Crippen LogP contribution in [0, 0.1) is 0 Å². The number of phosphoric acid groups is 1. The van der Waals surface area contributed by atoms with Gasteiger partial charge in [0.1, 0.15) is 12.7 Å². The molecule has 0 aliphatic carbocycles. The summed E-state index contributed by atoms with van der Waals surface area (Å²) in [5, 5.41) is 12.6. The summed E-state index contributed by atoms with van der Waals surface area (Å²) in [5.41, 5.74) is 0. The van der Waals surface area contributed by atoms with E-state index in [9.17, 15) is 24.2 Å². The number of nitrogens with one attached hydrogen (secondary N) is 1. The van der Waals surface area contributed by atoms with E-state index >= 15 is 0 Å². The molecule has 0 radical (unpaired) electrons. The first-order chi connectivity index (χ1) is 25.8. The third-order valence-corrected chi connectivity index (χ3v) is 8.18. The van der Waals surface area contributed by atoms with Crippen LogP contribution in [0.2, 0.25) is 0 Å². The molecule has 0 aliphatic rings. The van der Waals surface area contributed by atoms with Crippen LogP contribution in [-0.4, -0.2) is 54.3 Å². The summed E-state index contributed by atoms with van der Waals surface area (Å²) in [6, 6.07) is 0. The van der Waals surface area contributed by atoms with Crippen molar-refractivity contribution in [2.24, 2.45) is 0 Å². The second-order valence-electron chi connectivity index (χ2n) is 12.1. The van der Waals surface area contributed by atoms with Crippen molar-refractivity contribution >= 4 is 19.7 Å². The lowest BCUT2D eigenvalue weighted by molar-refractivity contribution is -0.147. The van der Waals surface area contributed by atoms with Crippen LogP contribution >= 0.6 is 7.82 Å². The van der Waals surface area contributed by atoms with Gasteiger partial charge in [-0.15, -0.1) is 0 Å². The predicted octanol–water partition coefficient (Wildman–Crippen LogP) is 10.4. The van der Waals surface area contributed by atoms with Crippen molar-refractivity contribution in [2.45, 2.75) is 123 Å². The lowest BCUT2D eigenvalue weighted by atomic mass is 10.1. The number of aliphatic hydroxyl groups is 1. The molecular formula is C43H68NO8P. The fourth-order valence-electron chi connectivity index (χ4n) is 4.34. The van der Waals surface area contributed by atoms with E-state index in [1.165, 1.54) is 0 Å². The highest BCUT2D eigenvalue weighted by Gasteiger charge is 2.23. The molecule has 0 rings (SSSR count). The van der Waals surface area contributed by atoms with Crippen molar-refractivity contribution in [1.82, 2.24) is 5.32 Å². The lowest BCUT2D eigenvalue weighted by Crippen LogP contribution is -2.27. The Bertz CT molecular complexity index is 1230. The van der Waals surface area contributed by atoms with Crippen LogP contribution in [0.3, 0.4) is 0 Å². The summed E-state index contributed by atoms with van der Waals surface area (Å²) in [6.07, 6.45) is 50.3. The van der Waals surface area contributed by atoms with Crippen LogP contribution in [-0.2, 0) is 27.9 Å². The molecule has 9 nitrogen and oxygen atoms in total. The van der Waals surface area contributed by atoms with Crippen LogP contribution in [0.25, 0.3) is 0 Å². The highest BCUT2D eigenvalue weighted by atomic mass is 31.2. The van der Waals surface area contributed by atoms with Gasteiger partial charge in [-0.2, -0.15) is 0 Å². The standard InChI is InChI=1S/C43H68NO8P/c1-3-5-7-9-11-13-15-17-19-20-22-24-26-28-30-32-34-36-43(47)50-39-41(45)40-52-53(48,49)51-38-37-44-42(46)35-33-31-29-27-25-23-21-18-16-14-12-10-8-6-4-2/h5-8,11-14,17-19,21-22,24-25,27-28,30,41,45H,3-4,9-10,15-16,20,23,26,29,31-40H2,1-2H3,(H,44,46)(H,48,49)/b7-5-,8-6-,13-11-,14-12-,19-17-,21-18-,24-22-,27-25-,30-28-. The molecule has 0 heterocycles. The molecule has 2 atom stereocenters. The van der Waals surface area contributed by atoms with Crippen LogP contribution < -0.4 is 5.32 Å². The number of hydrogen-bond acceptors (Lipinski definition) is 7.